The lowest BCUT2D eigenvalue weighted by atomic mass is 10.3. The van der Waals surface area contributed by atoms with Crippen molar-refractivity contribution in [3.8, 4) is 0 Å². The maximum atomic E-state index is 11.8. The fourth-order valence-electron chi connectivity index (χ4n) is 2.01. The minimum atomic E-state index is 0.114. The Morgan fingerprint density at radius 2 is 2.17 bits per heavy atom. The van der Waals surface area contributed by atoms with Crippen molar-refractivity contribution in [2.75, 3.05) is 37.3 Å². The summed E-state index contributed by atoms with van der Waals surface area (Å²) in [6.45, 7) is 3.95. The molecule has 18 heavy (non-hydrogen) atoms. The van der Waals surface area contributed by atoms with Crippen LogP contribution in [0.5, 0.6) is 0 Å². The largest absolute Gasteiger partial charge is 0.384 e. The minimum Gasteiger partial charge on any atom is -0.384 e. The number of aromatic nitrogens is 2. The molecule has 0 spiro atoms. The van der Waals surface area contributed by atoms with Crippen LogP contribution in [0.3, 0.4) is 0 Å². The molecule has 0 bridgehead atoms. The Hall–Kier alpha value is -1.85. The number of carbonyl (C=O) groups excluding carboxylic acids is 1. The molecule has 6 heteroatoms. The second-order valence-electron chi connectivity index (χ2n) is 4.51. The van der Waals surface area contributed by atoms with Crippen LogP contribution in [0, 0.1) is 0 Å². The normalized spacial score (nSPS) is 16.9. The average molecular weight is 249 g/mol. The first-order valence-electron chi connectivity index (χ1n) is 6.22. The number of nitrogens with two attached hydrogens (primary N) is 1. The quantitative estimate of drug-likeness (QED) is 0.815. The molecule has 0 radical (unpaired) electrons. The van der Waals surface area contributed by atoms with E-state index in [1.807, 2.05) is 18.9 Å². The van der Waals surface area contributed by atoms with Crippen LogP contribution in [-0.2, 0) is 11.2 Å². The molecule has 1 aromatic rings. The van der Waals surface area contributed by atoms with E-state index in [1.54, 1.807) is 11.0 Å². The molecule has 1 aliphatic rings. The lowest BCUT2D eigenvalue weighted by Crippen LogP contribution is -2.34. The number of hydrogen-bond donors (Lipinski definition) is 1. The first-order valence-corrected chi connectivity index (χ1v) is 6.22. The maximum Gasteiger partial charge on any atom is 0.241 e. The predicted octanol–water partition coefficient (Wildman–Crippen LogP) is 0.290. The zero-order chi connectivity index (χ0) is 13.1. The zero-order valence-corrected chi connectivity index (χ0v) is 10.9. The highest BCUT2D eigenvalue weighted by atomic mass is 16.2. The monoisotopic (exact) mass is 249 g/mol. The third-order valence-corrected chi connectivity index (χ3v) is 3.09. The van der Waals surface area contributed by atoms with E-state index in [0.717, 1.165) is 37.6 Å². The molecule has 1 aliphatic heterocycles. The van der Waals surface area contributed by atoms with Gasteiger partial charge in [0.1, 0.15) is 17.5 Å². The molecule has 0 aliphatic carbocycles. The minimum absolute atomic E-state index is 0.114. The number of carbonyl (C=O) groups is 1. The number of anilines is 2. The van der Waals surface area contributed by atoms with Gasteiger partial charge in [-0.25, -0.2) is 9.97 Å². The Kier molecular flexibility index (Phi) is 3.64. The molecule has 98 valence electrons. The second-order valence-corrected chi connectivity index (χ2v) is 4.51. The van der Waals surface area contributed by atoms with Gasteiger partial charge in [0.05, 0.1) is 6.54 Å². The smallest absolute Gasteiger partial charge is 0.241 e. The highest BCUT2D eigenvalue weighted by molar-refractivity contribution is 5.81. The van der Waals surface area contributed by atoms with E-state index in [9.17, 15) is 4.79 Å². The first-order chi connectivity index (χ1) is 8.60. The fraction of sp³-hybridized carbons (Fsp3) is 0.583. The lowest BCUT2D eigenvalue weighted by Gasteiger charge is -2.21. The Balaban J connectivity index is 2.24. The number of nitrogens with zero attached hydrogens (tertiary/aromatic N) is 4. The summed E-state index contributed by atoms with van der Waals surface area (Å²) in [5.74, 6) is 2.04. The van der Waals surface area contributed by atoms with Crippen molar-refractivity contribution in [2.45, 2.75) is 19.8 Å². The highest BCUT2D eigenvalue weighted by Gasteiger charge is 2.20. The second kappa shape index (κ2) is 5.20. The van der Waals surface area contributed by atoms with Crippen molar-refractivity contribution in [1.29, 1.82) is 0 Å². The van der Waals surface area contributed by atoms with Crippen LogP contribution < -0.4 is 10.6 Å². The summed E-state index contributed by atoms with van der Waals surface area (Å²) in [7, 11) is 1.83. The van der Waals surface area contributed by atoms with Crippen LogP contribution in [0.25, 0.3) is 0 Å². The van der Waals surface area contributed by atoms with E-state index in [-0.39, 0.29) is 5.91 Å². The van der Waals surface area contributed by atoms with Gasteiger partial charge in [0.25, 0.3) is 0 Å². The molecule has 1 amide bonds. The van der Waals surface area contributed by atoms with Crippen LogP contribution >= 0.6 is 0 Å². The SMILES string of the molecule is CCc1nc(N)cc(N2CCCN(C)C(=O)C2)n1. The van der Waals surface area contributed by atoms with Crippen molar-refractivity contribution in [2.24, 2.45) is 0 Å². The summed E-state index contributed by atoms with van der Waals surface area (Å²) in [5.41, 5.74) is 5.77. The van der Waals surface area contributed by atoms with E-state index in [0.29, 0.717) is 12.4 Å². The van der Waals surface area contributed by atoms with Gasteiger partial charge in [0, 0.05) is 32.6 Å². The molecule has 1 aromatic heterocycles. The average Bonchev–Trinajstić information content (AvgIpc) is 2.51. The van der Waals surface area contributed by atoms with Crippen LogP contribution in [-0.4, -0.2) is 47.5 Å². The van der Waals surface area contributed by atoms with E-state index in [2.05, 4.69) is 9.97 Å². The number of aryl methyl sites for hydroxylation is 1. The van der Waals surface area contributed by atoms with Crippen molar-refractivity contribution in [1.82, 2.24) is 14.9 Å². The molecule has 2 rings (SSSR count). The number of amides is 1. The molecule has 1 saturated heterocycles. The van der Waals surface area contributed by atoms with Crippen LogP contribution in [0.15, 0.2) is 6.07 Å². The van der Waals surface area contributed by atoms with Gasteiger partial charge < -0.3 is 15.5 Å². The van der Waals surface area contributed by atoms with Crippen LogP contribution in [0.4, 0.5) is 11.6 Å². The van der Waals surface area contributed by atoms with Gasteiger partial charge in [0.2, 0.25) is 5.91 Å². The standard InChI is InChI=1S/C12H19N5O/c1-3-10-14-9(13)7-11(15-10)17-6-4-5-16(2)12(18)8-17/h7H,3-6,8H2,1-2H3,(H2,13,14,15). The Bertz CT molecular complexity index is 448. The van der Waals surface area contributed by atoms with Crippen molar-refractivity contribution in [3.63, 3.8) is 0 Å². The zero-order valence-electron chi connectivity index (χ0n) is 10.9. The van der Waals surface area contributed by atoms with E-state index in [4.69, 9.17) is 5.73 Å². The highest BCUT2D eigenvalue weighted by Crippen LogP contribution is 2.16. The van der Waals surface area contributed by atoms with Gasteiger partial charge in [-0.2, -0.15) is 0 Å². The Morgan fingerprint density at radius 3 is 2.89 bits per heavy atom. The van der Waals surface area contributed by atoms with E-state index in [1.165, 1.54) is 0 Å². The molecule has 0 aromatic carbocycles. The summed E-state index contributed by atoms with van der Waals surface area (Å²) in [6, 6.07) is 1.73. The van der Waals surface area contributed by atoms with Gasteiger partial charge in [-0.05, 0) is 6.42 Å². The third kappa shape index (κ3) is 2.69. The van der Waals surface area contributed by atoms with Gasteiger partial charge >= 0.3 is 0 Å². The van der Waals surface area contributed by atoms with Gasteiger partial charge in [-0.1, -0.05) is 6.92 Å². The lowest BCUT2D eigenvalue weighted by molar-refractivity contribution is -0.127. The summed E-state index contributed by atoms with van der Waals surface area (Å²) < 4.78 is 0. The fourth-order valence-corrected chi connectivity index (χ4v) is 2.01. The van der Waals surface area contributed by atoms with E-state index >= 15 is 0 Å². The number of hydrogen-bond acceptors (Lipinski definition) is 5. The number of likely N-dealkylation sites (N-methyl/N-ethyl adjacent to an activating group) is 1. The van der Waals surface area contributed by atoms with Gasteiger partial charge in [0.15, 0.2) is 0 Å². The molecule has 0 atom stereocenters. The van der Waals surface area contributed by atoms with Crippen molar-refractivity contribution >= 4 is 17.5 Å². The Morgan fingerprint density at radius 1 is 1.39 bits per heavy atom. The topological polar surface area (TPSA) is 75.3 Å². The molecule has 2 heterocycles. The number of nitrogen functional groups attached to an aromatic ring is 1. The summed E-state index contributed by atoms with van der Waals surface area (Å²) in [4.78, 5) is 24.2. The molecular weight excluding hydrogens is 230 g/mol. The molecule has 0 saturated carbocycles. The van der Waals surface area contributed by atoms with Gasteiger partial charge in [-0.3, -0.25) is 4.79 Å². The molecular formula is C12H19N5O. The maximum absolute atomic E-state index is 11.8. The van der Waals surface area contributed by atoms with E-state index < -0.39 is 0 Å². The summed E-state index contributed by atoms with van der Waals surface area (Å²) >= 11 is 0. The third-order valence-electron chi connectivity index (χ3n) is 3.09. The molecule has 2 N–H and O–H groups in total. The molecule has 1 fully saturated rings. The Labute approximate surface area is 107 Å². The predicted molar refractivity (Wildman–Crippen MR) is 70.3 cm³/mol. The number of rotatable bonds is 2. The van der Waals surface area contributed by atoms with Crippen LogP contribution in [0.2, 0.25) is 0 Å². The van der Waals surface area contributed by atoms with Gasteiger partial charge in [-0.15, -0.1) is 0 Å². The molecule has 6 nitrogen and oxygen atoms in total. The van der Waals surface area contributed by atoms with Crippen LogP contribution in [0.1, 0.15) is 19.2 Å². The molecule has 0 unspecified atom stereocenters. The first kappa shape index (κ1) is 12.6. The van der Waals surface area contributed by atoms with Crippen molar-refractivity contribution < 1.29 is 4.79 Å². The summed E-state index contributed by atoms with van der Waals surface area (Å²) in [6.07, 6.45) is 1.67. The van der Waals surface area contributed by atoms with Crippen molar-refractivity contribution in [3.05, 3.63) is 11.9 Å². The summed E-state index contributed by atoms with van der Waals surface area (Å²) in [5, 5.41) is 0.